The molecule has 0 aliphatic carbocycles. The quantitative estimate of drug-likeness (QED) is 0.332. The van der Waals surface area contributed by atoms with E-state index in [1.165, 1.54) is 12.1 Å². The summed E-state index contributed by atoms with van der Waals surface area (Å²) in [5.74, 6) is -0.374. The van der Waals surface area contributed by atoms with E-state index in [-0.39, 0.29) is 54.6 Å². The van der Waals surface area contributed by atoms with Crippen LogP contribution in [0.2, 0.25) is 0 Å². The molecule has 0 radical (unpaired) electrons. The molecule has 0 unspecified atom stereocenters. The van der Waals surface area contributed by atoms with Crippen LogP contribution in [0.3, 0.4) is 0 Å². The average Bonchev–Trinajstić information content (AvgIpc) is 2.45. The molecule has 0 bridgehead atoms. The van der Waals surface area contributed by atoms with Crippen molar-refractivity contribution < 1.29 is 22.7 Å². The maximum Gasteiger partial charge on any atom is 0.573 e. The number of ether oxygens (including phenoxy) is 1. The largest absolute Gasteiger partial charge is 0.573 e. The van der Waals surface area contributed by atoms with Gasteiger partial charge in [-0.15, -0.1) is 37.1 Å². The average molecular weight is 460 g/mol. The number of aliphatic imine (C=N–C) groups is 1. The maximum absolute atomic E-state index is 12.0. The van der Waals surface area contributed by atoms with Gasteiger partial charge in [-0.05, 0) is 30.7 Å². The number of carbonyl (C=O) groups is 1. The van der Waals surface area contributed by atoms with Crippen molar-refractivity contribution in [3.05, 3.63) is 24.3 Å². The van der Waals surface area contributed by atoms with E-state index in [2.05, 4.69) is 20.4 Å². The molecule has 0 atom stereocenters. The molecule has 0 spiro atoms. The third kappa shape index (κ3) is 10.1. The molecular weight excluding hydrogens is 440 g/mol. The number of rotatable bonds is 7. The van der Waals surface area contributed by atoms with Crippen LogP contribution in [0.15, 0.2) is 29.3 Å². The summed E-state index contributed by atoms with van der Waals surface area (Å²) >= 11 is 0. The van der Waals surface area contributed by atoms with Gasteiger partial charge in [0.05, 0.1) is 6.54 Å². The highest BCUT2D eigenvalue weighted by molar-refractivity contribution is 14.0. The van der Waals surface area contributed by atoms with Crippen molar-refractivity contribution in [2.45, 2.75) is 26.1 Å². The van der Waals surface area contributed by atoms with Crippen LogP contribution in [0.1, 0.15) is 19.8 Å². The smallest absolute Gasteiger partial charge is 0.406 e. The second-order valence-electron chi connectivity index (χ2n) is 4.56. The highest BCUT2D eigenvalue weighted by Gasteiger charge is 2.30. The van der Waals surface area contributed by atoms with Gasteiger partial charge >= 0.3 is 6.36 Å². The molecule has 1 aromatic carbocycles. The molecule has 6 nitrogen and oxygen atoms in total. The second-order valence-corrected chi connectivity index (χ2v) is 4.56. The molecule has 4 N–H and O–H groups in total. The number of guanidine groups is 1. The van der Waals surface area contributed by atoms with Gasteiger partial charge in [0.2, 0.25) is 5.91 Å². The fourth-order valence-electron chi connectivity index (χ4n) is 1.56. The van der Waals surface area contributed by atoms with Gasteiger partial charge in [-0.1, -0.05) is 6.92 Å². The van der Waals surface area contributed by atoms with Crippen LogP contribution in [-0.4, -0.2) is 31.3 Å². The van der Waals surface area contributed by atoms with E-state index in [0.29, 0.717) is 12.2 Å². The first-order valence-corrected chi connectivity index (χ1v) is 6.99. The number of anilines is 1. The van der Waals surface area contributed by atoms with E-state index in [4.69, 9.17) is 5.73 Å². The zero-order valence-electron chi connectivity index (χ0n) is 13.0. The Labute approximate surface area is 155 Å². The maximum atomic E-state index is 12.0. The van der Waals surface area contributed by atoms with Crippen molar-refractivity contribution >= 4 is 41.5 Å². The summed E-state index contributed by atoms with van der Waals surface area (Å²) in [5.41, 5.74) is 6.08. The minimum atomic E-state index is -4.73. The topological polar surface area (TPSA) is 88.7 Å². The van der Waals surface area contributed by atoms with Crippen molar-refractivity contribution in [1.82, 2.24) is 5.32 Å². The Balaban J connectivity index is 0.00000529. The second kappa shape index (κ2) is 10.9. The van der Waals surface area contributed by atoms with E-state index in [1.807, 2.05) is 6.92 Å². The van der Waals surface area contributed by atoms with Gasteiger partial charge in [0.1, 0.15) is 5.75 Å². The van der Waals surface area contributed by atoms with Crippen LogP contribution in [-0.2, 0) is 4.79 Å². The van der Waals surface area contributed by atoms with Crippen molar-refractivity contribution in [3.8, 4) is 5.75 Å². The number of carbonyl (C=O) groups excluding carboxylic acids is 1. The first-order chi connectivity index (χ1) is 10.8. The van der Waals surface area contributed by atoms with E-state index >= 15 is 0 Å². The van der Waals surface area contributed by atoms with Crippen molar-refractivity contribution in [2.75, 3.05) is 18.4 Å². The van der Waals surface area contributed by atoms with Gasteiger partial charge in [-0.2, -0.15) is 0 Å². The first-order valence-electron chi connectivity index (χ1n) is 6.99. The number of hydrogen-bond donors (Lipinski definition) is 3. The summed E-state index contributed by atoms with van der Waals surface area (Å²) in [6.45, 7) is 2.78. The lowest BCUT2D eigenvalue weighted by atomic mass is 10.3. The van der Waals surface area contributed by atoms with E-state index in [0.717, 1.165) is 18.6 Å². The van der Waals surface area contributed by atoms with Crippen molar-refractivity contribution in [1.29, 1.82) is 0 Å². The van der Waals surface area contributed by atoms with Gasteiger partial charge < -0.3 is 21.1 Å². The summed E-state index contributed by atoms with van der Waals surface area (Å²) in [7, 11) is 0. The summed E-state index contributed by atoms with van der Waals surface area (Å²) in [4.78, 5) is 15.3. The van der Waals surface area contributed by atoms with Crippen LogP contribution < -0.4 is 21.1 Å². The van der Waals surface area contributed by atoms with Gasteiger partial charge in [0.15, 0.2) is 5.96 Å². The Hall–Kier alpha value is -1.72. The molecule has 0 saturated carbocycles. The fourth-order valence-corrected chi connectivity index (χ4v) is 1.56. The van der Waals surface area contributed by atoms with E-state index in [9.17, 15) is 18.0 Å². The molecular formula is C14H20F3IN4O2. The van der Waals surface area contributed by atoms with Gasteiger partial charge in [-0.25, -0.2) is 0 Å². The Kier molecular flexibility index (Phi) is 10.2. The number of benzene rings is 1. The minimum absolute atomic E-state index is 0. The van der Waals surface area contributed by atoms with Crippen LogP contribution >= 0.6 is 24.0 Å². The van der Waals surface area contributed by atoms with Crippen LogP contribution in [0.5, 0.6) is 5.75 Å². The summed E-state index contributed by atoms with van der Waals surface area (Å²) in [6.07, 6.45) is -3.67. The zero-order chi connectivity index (χ0) is 17.3. The molecule has 10 heteroatoms. The predicted molar refractivity (Wildman–Crippen MR) is 96.6 cm³/mol. The highest BCUT2D eigenvalue weighted by Crippen LogP contribution is 2.23. The molecule has 1 amide bonds. The van der Waals surface area contributed by atoms with E-state index < -0.39 is 6.36 Å². The third-order valence-electron chi connectivity index (χ3n) is 2.55. The highest BCUT2D eigenvalue weighted by atomic mass is 127. The Morgan fingerprint density at radius 2 is 1.92 bits per heavy atom. The van der Waals surface area contributed by atoms with Gasteiger partial charge in [0.25, 0.3) is 0 Å². The standard InChI is InChI=1S/C14H19F3N4O2.HI/c1-2-8-19-12(22)7-9-20-13(18)21-10-3-5-11(6-4-10)23-14(15,16)17;/h3-6H,2,7-9H2,1H3,(H,19,22)(H3,18,20,21);1H. The molecule has 0 aliphatic rings. The van der Waals surface area contributed by atoms with Gasteiger partial charge in [0, 0.05) is 18.7 Å². The number of halogens is 4. The summed E-state index contributed by atoms with van der Waals surface area (Å²) in [5, 5.41) is 5.41. The number of nitrogens with one attached hydrogen (secondary N) is 2. The Morgan fingerprint density at radius 3 is 2.46 bits per heavy atom. The normalized spacial score (nSPS) is 11.4. The summed E-state index contributed by atoms with van der Waals surface area (Å²) < 4.78 is 39.8. The monoisotopic (exact) mass is 460 g/mol. The molecule has 136 valence electrons. The number of amides is 1. The lowest BCUT2D eigenvalue weighted by Crippen LogP contribution is -2.26. The Bertz CT molecular complexity index is 536. The number of hydrogen-bond acceptors (Lipinski definition) is 3. The summed E-state index contributed by atoms with van der Waals surface area (Å²) in [6, 6.07) is 5.05. The lowest BCUT2D eigenvalue weighted by Gasteiger charge is -2.10. The molecule has 0 fully saturated rings. The van der Waals surface area contributed by atoms with Crippen LogP contribution in [0, 0.1) is 0 Å². The zero-order valence-corrected chi connectivity index (χ0v) is 15.4. The third-order valence-corrected chi connectivity index (χ3v) is 2.55. The minimum Gasteiger partial charge on any atom is -0.406 e. The van der Waals surface area contributed by atoms with E-state index in [1.54, 1.807) is 0 Å². The van der Waals surface area contributed by atoms with Crippen molar-refractivity contribution in [3.63, 3.8) is 0 Å². The van der Waals surface area contributed by atoms with Crippen LogP contribution in [0.25, 0.3) is 0 Å². The lowest BCUT2D eigenvalue weighted by molar-refractivity contribution is -0.274. The van der Waals surface area contributed by atoms with Gasteiger partial charge in [-0.3, -0.25) is 9.79 Å². The molecule has 0 aliphatic heterocycles. The molecule has 24 heavy (non-hydrogen) atoms. The number of alkyl halides is 3. The SMILES string of the molecule is CCCNC(=O)CCN=C(N)Nc1ccc(OC(F)(F)F)cc1.I. The number of nitrogens with two attached hydrogens (primary N) is 1. The molecule has 1 aromatic rings. The van der Waals surface area contributed by atoms with Crippen molar-refractivity contribution in [2.24, 2.45) is 10.7 Å². The Morgan fingerprint density at radius 1 is 1.29 bits per heavy atom. The molecule has 0 heterocycles. The molecule has 1 rings (SSSR count). The first kappa shape index (κ1) is 22.3. The number of nitrogens with zero attached hydrogens (tertiary/aromatic N) is 1. The molecule has 0 saturated heterocycles. The fraction of sp³-hybridized carbons (Fsp3) is 0.429. The van der Waals surface area contributed by atoms with Crippen LogP contribution in [0.4, 0.5) is 18.9 Å². The molecule has 0 aromatic heterocycles. The predicted octanol–water partition coefficient (Wildman–Crippen LogP) is 2.85.